The third-order valence-corrected chi connectivity index (χ3v) is 4.02. The monoisotopic (exact) mass is 279 g/mol. The SMILES string of the molecule is CNc1ccc2c(c1)Sc1cc(N)ccc1[NH2+]2.[Cl-]. The quantitative estimate of drug-likeness (QED) is 0.517. The lowest BCUT2D eigenvalue weighted by atomic mass is 10.2. The molecule has 94 valence electrons. The average molecular weight is 280 g/mol. The minimum atomic E-state index is 0. The maximum Gasteiger partial charge on any atom is 0.148 e. The summed E-state index contributed by atoms with van der Waals surface area (Å²) < 4.78 is 0. The van der Waals surface area contributed by atoms with E-state index < -0.39 is 0 Å². The molecule has 1 aliphatic heterocycles. The van der Waals surface area contributed by atoms with Gasteiger partial charge < -0.3 is 23.5 Å². The first kappa shape index (κ1) is 13.1. The summed E-state index contributed by atoms with van der Waals surface area (Å²) in [5, 5.41) is 5.37. The van der Waals surface area contributed by atoms with Gasteiger partial charge in [0.25, 0.3) is 0 Å². The van der Waals surface area contributed by atoms with Gasteiger partial charge in [0.05, 0.1) is 9.79 Å². The number of hydrogen-bond acceptors (Lipinski definition) is 3. The molecular formula is C13H14ClN3S. The number of rotatable bonds is 1. The number of hydrogen-bond donors (Lipinski definition) is 3. The third kappa shape index (κ3) is 2.27. The molecule has 3 nitrogen and oxygen atoms in total. The molecule has 1 heterocycles. The fourth-order valence-corrected chi connectivity index (χ4v) is 3.05. The Morgan fingerprint density at radius 1 is 1.06 bits per heavy atom. The van der Waals surface area contributed by atoms with Gasteiger partial charge in [-0.1, -0.05) is 11.8 Å². The molecule has 0 saturated heterocycles. The van der Waals surface area contributed by atoms with Crippen molar-refractivity contribution in [3.63, 3.8) is 0 Å². The molecule has 0 atom stereocenters. The molecule has 18 heavy (non-hydrogen) atoms. The number of halogens is 1. The van der Waals surface area contributed by atoms with Crippen LogP contribution in [0.25, 0.3) is 0 Å². The van der Waals surface area contributed by atoms with Crippen LogP contribution < -0.4 is 28.8 Å². The van der Waals surface area contributed by atoms with Gasteiger partial charge in [-0.05, 0) is 24.3 Å². The highest BCUT2D eigenvalue weighted by Crippen LogP contribution is 2.40. The van der Waals surface area contributed by atoms with Crippen LogP contribution in [0.4, 0.5) is 22.7 Å². The number of nitrogens with one attached hydrogen (secondary N) is 1. The second-order valence-corrected chi connectivity index (χ2v) is 5.13. The molecule has 0 aliphatic carbocycles. The summed E-state index contributed by atoms with van der Waals surface area (Å²) in [6.07, 6.45) is 0. The molecule has 2 aromatic rings. The fourth-order valence-electron chi connectivity index (χ4n) is 1.94. The first-order valence-corrected chi connectivity index (χ1v) is 6.32. The average Bonchev–Trinajstić information content (AvgIpc) is 2.35. The van der Waals surface area contributed by atoms with E-state index in [1.54, 1.807) is 11.8 Å². The van der Waals surface area contributed by atoms with Gasteiger partial charge in [0, 0.05) is 30.6 Å². The Balaban J connectivity index is 0.00000120. The lowest BCUT2D eigenvalue weighted by molar-refractivity contribution is -0.485. The Morgan fingerprint density at radius 2 is 1.72 bits per heavy atom. The van der Waals surface area contributed by atoms with Gasteiger partial charge in [-0.2, -0.15) is 0 Å². The van der Waals surface area contributed by atoms with E-state index in [1.165, 1.54) is 21.2 Å². The fraction of sp³-hybridized carbons (Fsp3) is 0.0769. The van der Waals surface area contributed by atoms with Crippen LogP contribution in [0, 0.1) is 0 Å². The molecule has 0 bridgehead atoms. The van der Waals surface area contributed by atoms with E-state index >= 15 is 0 Å². The normalized spacial score (nSPS) is 12.1. The van der Waals surface area contributed by atoms with Gasteiger partial charge in [0.2, 0.25) is 0 Å². The molecule has 2 aromatic carbocycles. The molecule has 0 aromatic heterocycles. The number of quaternary nitrogens is 1. The van der Waals surface area contributed by atoms with E-state index in [2.05, 4.69) is 34.9 Å². The van der Waals surface area contributed by atoms with Gasteiger partial charge in [-0.3, -0.25) is 5.32 Å². The standard InChI is InChI=1S/C13H13N3S.ClH/c1-15-9-3-5-11-13(7-9)17-12-6-8(14)2-4-10(12)16-11;/h2-7,15-16H,14H2,1H3;1H. The van der Waals surface area contributed by atoms with Crippen molar-refractivity contribution in [2.75, 3.05) is 18.1 Å². The topological polar surface area (TPSA) is 54.7 Å². The highest BCUT2D eigenvalue weighted by atomic mass is 35.5. The molecule has 5 heteroatoms. The molecule has 3 rings (SSSR count). The molecule has 0 saturated carbocycles. The Bertz CT molecular complexity index is 586. The van der Waals surface area contributed by atoms with E-state index in [-0.39, 0.29) is 12.4 Å². The predicted octanol–water partition coefficient (Wildman–Crippen LogP) is -0.694. The number of anilines is 2. The Labute approximate surface area is 117 Å². The van der Waals surface area contributed by atoms with E-state index in [0.717, 1.165) is 11.4 Å². The molecular weight excluding hydrogens is 266 g/mol. The first-order chi connectivity index (χ1) is 8.26. The second-order valence-electron chi connectivity index (χ2n) is 4.05. The first-order valence-electron chi connectivity index (χ1n) is 5.50. The third-order valence-electron chi connectivity index (χ3n) is 2.87. The summed E-state index contributed by atoms with van der Waals surface area (Å²) in [6, 6.07) is 12.5. The zero-order chi connectivity index (χ0) is 11.8. The van der Waals surface area contributed by atoms with Crippen LogP contribution in [0.3, 0.4) is 0 Å². The van der Waals surface area contributed by atoms with Crippen LogP contribution in [0.2, 0.25) is 0 Å². The van der Waals surface area contributed by atoms with Crippen molar-refractivity contribution < 1.29 is 17.7 Å². The van der Waals surface area contributed by atoms with Crippen molar-refractivity contribution in [1.82, 2.24) is 0 Å². The molecule has 0 unspecified atom stereocenters. The Kier molecular flexibility index (Phi) is 3.71. The van der Waals surface area contributed by atoms with Crippen LogP contribution >= 0.6 is 11.8 Å². The van der Waals surface area contributed by atoms with Gasteiger partial charge in [-0.25, -0.2) is 0 Å². The largest absolute Gasteiger partial charge is 1.00 e. The van der Waals surface area contributed by atoms with Gasteiger partial charge in [0.1, 0.15) is 11.4 Å². The van der Waals surface area contributed by atoms with Crippen molar-refractivity contribution in [3.8, 4) is 0 Å². The molecule has 0 amide bonds. The minimum absolute atomic E-state index is 0. The second kappa shape index (κ2) is 5.10. The van der Waals surface area contributed by atoms with Crippen molar-refractivity contribution in [2.45, 2.75) is 9.79 Å². The highest BCUT2D eigenvalue weighted by Gasteiger charge is 2.20. The van der Waals surface area contributed by atoms with Gasteiger partial charge in [-0.15, -0.1) is 0 Å². The van der Waals surface area contributed by atoms with E-state index in [1.807, 2.05) is 19.2 Å². The van der Waals surface area contributed by atoms with Gasteiger partial charge >= 0.3 is 0 Å². The highest BCUT2D eigenvalue weighted by molar-refractivity contribution is 7.99. The summed E-state index contributed by atoms with van der Waals surface area (Å²) in [6.45, 7) is 0. The van der Waals surface area contributed by atoms with Crippen LogP contribution in [-0.2, 0) is 0 Å². The van der Waals surface area contributed by atoms with Crippen LogP contribution in [0.15, 0.2) is 46.2 Å². The molecule has 0 radical (unpaired) electrons. The maximum atomic E-state index is 5.82. The Morgan fingerprint density at radius 3 is 2.44 bits per heavy atom. The van der Waals surface area contributed by atoms with Crippen molar-refractivity contribution in [3.05, 3.63) is 36.4 Å². The zero-order valence-electron chi connectivity index (χ0n) is 9.91. The summed E-state index contributed by atoms with van der Waals surface area (Å²) in [7, 11) is 1.94. The van der Waals surface area contributed by atoms with E-state index in [0.29, 0.717) is 0 Å². The number of fused-ring (bicyclic) bond motifs is 2. The minimum Gasteiger partial charge on any atom is -1.00 e. The number of benzene rings is 2. The van der Waals surface area contributed by atoms with Gasteiger partial charge in [0.15, 0.2) is 0 Å². The number of nitrogens with two attached hydrogens (primary N) is 2. The van der Waals surface area contributed by atoms with Crippen molar-refractivity contribution in [1.29, 1.82) is 0 Å². The summed E-state index contributed by atoms with van der Waals surface area (Å²) in [5.74, 6) is 0. The molecule has 0 fully saturated rings. The van der Waals surface area contributed by atoms with E-state index in [4.69, 9.17) is 5.73 Å². The van der Waals surface area contributed by atoms with Crippen molar-refractivity contribution in [2.24, 2.45) is 0 Å². The smallest absolute Gasteiger partial charge is 0.148 e. The lowest BCUT2D eigenvalue weighted by Crippen LogP contribution is -3.00. The summed E-state index contributed by atoms with van der Waals surface area (Å²) in [4.78, 5) is 2.50. The predicted molar refractivity (Wildman–Crippen MR) is 72.2 cm³/mol. The van der Waals surface area contributed by atoms with Crippen molar-refractivity contribution >= 4 is 34.5 Å². The zero-order valence-corrected chi connectivity index (χ0v) is 11.5. The summed E-state index contributed by atoms with van der Waals surface area (Å²) in [5.41, 5.74) is 10.3. The number of nitrogen functional groups attached to an aromatic ring is 1. The molecule has 5 N–H and O–H groups in total. The summed E-state index contributed by atoms with van der Waals surface area (Å²) >= 11 is 1.77. The van der Waals surface area contributed by atoms with Crippen LogP contribution in [0.1, 0.15) is 0 Å². The van der Waals surface area contributed by atoms with Crippen LogP contribution in [0.5, 0.6) is 0 Å². The van der Waals surface area contributed by atoms with Crippen LogP contribution in [-0.4, -0.2) is 7.05 Å². The maximum absolute atomic E-state index is 5.82. The Hall–Kier alpha value is -1.36. The molecule has 1 aliphatic rings. The van der Waals surface area contributed by atoms with E-state index in [9.17, 15) is 0 Å². The lowest BCUT2D eigenvalue weighted by Gasteiger charge is -2.16. The molecule has 0 spiro atoms.